The van der Waals surface area contributed by atoms with Crippen LogP contribution in [0.15, 0.2) is 0 Å². The SMILES string of the molecule is CC(C(=O)OC(C)(C)C)C(C)C(=O)OC(C)(C)C. The maximum atomic E-state index is 11.8. The third-order valence-corrected chi connectivity index (χ3v) is 2.31. The van der Waals surface area contributed by atoms with Gasteiger partial charge in [-0.05, 0) is 41.5 Å². The first-order valence-corrected chi connectivity index (χ1v) is 6.29. The number of ether oxygens (including phenoxy) is 2. The van der Waals surface area contributed by atoms with Gasteiger partial charge in [0.1, 0.15) is 11.2 Å². The highest BCUT2D eigenvalue weighted by Gasteiger charge is 2.32. The van der Waals surface area contributed by atoms with Gasteiger partial charge in [-0.3, -0.25) is 9.59 Å². The fourth-order valence-electron chi connectivity index (χ4n) is 1.20. The number of rotatable bonds is 3. The number of hydrogen-bond acceptors (Lipinski definition) is 4. The Morgan fingerprint density at radius 3 is 1.11 bits per heavy atom. The molecule has 2 atom stereocenters. The van der Waals surface area contributed by atoms with E-state index in [1.54, 1.807) is 55.4 Å². The lowest BCUT2D eigenvalue weighted by Gasteiger charge is -2.27. The molecule has 0 bridgehead atoms. The molecule has 0 aromatic heterocycles. The summed E-state index contributed by atoms with van der Waals surface area (Å²) >= 11 is 0. The van der Waals surface area contributed by atoms with E-state index in [9.17, 15) is 9.59 Å². The third kappa shape index (κ3) is 6.62. The van der Waals surface area contributed by atoms with Crippen molar-refractivity contribution in [2.45, 2.75) is 66.6 Å². The molecule has 0 N–H and O–H groups in total. The predicted molar refractivity (Wildman–Crippen MR) is 70.0 cm³/mol. The van der Waals surface area contributed by atoms with Gasteiger partial charge in [0.05, 0.1) is 11.8 Å². The maximum absolute atomic E-state index is 11.8. The molecule has 0 aliphatic heterocycles. The molecule has 0 aromatic rings. The summed E-state index contributed by atoms with van der Waals surface area (Å²) in [6.07, 6.45) is 0. The largest absolute Gasteiger partial charge is 0.460 e. The van der Waals surface area contributed by atoms with Crippen LogP contribution >= 0.6 is 0 Å². The Hall–Kier alpha value is -1.06. The fraction of sp³-hybridized carbons (Fsp3) is 0.857. The van der Waals surface area contributed by atoms with Crippen molar-refractivity contribution < 1.29 is 19.1 Å². The van der Waals surface area contributed by atoms with E-state index in [0.29, 0.717) is 0 Å². The second-order valence-electron chi connectivity index (χ2n) is 6.64. The van der Waals surface area contributed by atoms with E-state index in [1.807, 2.05) is 0 Å². The minimum Gasteiger partial charge on any atom is -0.460 e. The summed E-state index contributed by atoms with van der Waals surface area (Å²) in [6.45, 7) is 14.2. The second kappa shape index (κ2) is 5.72. The highest BCUT2D eigenvalue weighted by Crippen LogP contribution is 2.20. The van der Waals surface area contributed by atoms with E-state index < -0.39 is 23.0 Å². The molecule has 0 saturated heterocycles. The van der Waals surface area contributed by atoms with Crippen molar-refractivity contribution in [1.29, 1.82) is 0 Å². The molecule has 0 aliphatic rings. The van der Waals surface area contributed by atoms with Gasteiger partial charge in [-0.1, -0.05) is 13.8 Å². The minimum absolute atomic E-state index is 0.374. The lowest BCUT2D eigenvalue weighted by Crippen LogP contribution is -2.36. The van der Waals surface area contributed by atoms with Crippen molar-refractivity contribution in [3.63, 3.8) is 0 Å². The van der Waals surface area contributed by atoms with E-state index in [4.69, 9.17) is 9.47 Å². The Bertz CT molecular complexity index is 275. The third-order valence-electron chi connectivity index (χ3n) is 2.31. The Kier molecular flexibility index (Phi) is 5.38. The molecule has 2 unspecified atom stereocenters. The number of carbonyl (C=O) groups excluding carboxylic acids is 2. The van der Waals surface area contributed by atoms with Gasteiger partial charge in [0.2, 0.25) is 0 Å². The summed E-state index contributed by atoms with van der Waals surface area (Å²) in [5.74, 6) is -1.78. The smallest absolute Gasteiger partial charge is 0.310 e. The normalized spacial score (nSPS) is 15.8. The van der Waals surface area contributed by atoms with Gasteiger partial charge < -0.3 is 9.47 Å². The summed E-state index contributed by atoms with van der Waals surface area (Å²) in [6, 6.07) is 0. The van der Waals surface area contributed by atoms with Gasteiger partial charge in [0, 0.05) is 0 Å². The van der Waals surface area contributed by atoms with E-state index in [1.165, 1.54) is 0 Å². The van der Waals surface area contributed by atoms with Crippen molar-refractivity contribution in [3.05, 3.63) is 0 Å². The van der Waals surface area contributed by atoms with Crippen LogP contribution < -0.4 is 0 Å². The molecule has 0 saturated carbocycles. The molecule has 18 heavy (non-hydrogen) atoms. The van der Waals surface area contributed by atoms with Gasteiger partial charge in [-0.2, -0.15) is 0 Å². The van der Waals surface area contributed by atoms with Crippen molar-refractivity contribution in [3.8, 4) is 0 Å². The summed E-state index contributed by atoms with van der Waals surface area (Å²) in [5, 5.41) is 0. The van der Waals surface area contributed by atoms with Crippen LogP contribution in [0.2, 0.25) is 0 Å². The van der Waals surface area contributed by atoms with Crippen LogP contribution in [0.4, 0.5) is 0 Å². The monoisotopic (exact) mass is 258 g/mol. The topological polar surface area (TPSA) is 52.6 Å². The van der Waals surface area contributed by atoms with Crippen molar-refractivity contribution in [2.75, 3.05) is 0 Å². The Morgan fingerprint density at radius 2 is 0.944 bits per heavy atom. The molecule has 0 aromatic carbocycles. The average Bonchev–Trinajstić information content (AvgIpc) is 2.09. The first kappa shape index (κ1) is 16.9. The zero-order valence-corrected chi connectivity index (χ0v) is 12.8. The Balaban J connectivity index is 4.55. The van der Waals surface area contributed by atoms with E-state index in [-0.39, 0.29) is 11.9 Å². The van der Waals surface area contributed by atoms with Crippen LogP contribution in [0, 0.1) is 11.8 Å². The molecule has 0 aliphatic carbocycles. The quantitative estimate of drug-likeness (QED) is 0.730. The molecule has 4 heteroatoms. The highest BCUT2D eigenvalue weighted by atomic mass is 16.6. The van der Waals surface area contributed by atoms with Gasteiger partial charge in [0.25, 0.3) is 0 Å². The first-order valence-electron chi connectivity index (χ1n) is 6.29. The molecule has 0 amide bonds. The Labute approximate surface area is 110 Å². The highest BCUT2D eigenvalue weighted by molar-refractivity contribution is 5.81. The molecule has 4 nitrogen and oxygen atoms in total. The molecule has 0 heterocycles. The van der Waals surface area contributed by atoms with Crippen LogP contribution in [-0.4, -0.2) is 23.1 Å². The summed E-state index contributed by atoms with van der Waals surface area (Å²) < 4.78 is 10.5. The zero-order chi connectivity index (χ0) is 14.7. The van der Waals surface area contributed by atoms with Crippen molar-refractivity contribution in [1.82, 2.24) is 0 Å². The number of esters is 2. The molecule has 0 spiro atoms. The Morgan fingerprint density at radius 1 is 0.722 bits per heavy atom. The maximum Gasteiger partial charge on any atom is 0.310 e. The minimum atomic E-state index is -0.543. The average molecular weight is 258 g/mol. The molecule has 0 fully saturated rings. The van der Waals surface area contributed by atoms with Crippen LogP contribution in [-0.2, 0) is 19.1 Å². The predicted octanol–water partition coefficient (Wildman–Crippen LogP) is 2.94. The van der Waals surface area contributed by atoms with Gasteiger partial charge in [0.15, 0.2) is 0 Å². The first-order chi connectivity index (χ1) is 7.83. The van der Waals surface area contributed by atoms with Crippen LogP contribution in [0.1, 0.15) is 55.4 Å². The molecular formula is C14H26O4. The second-order valence-corrected chi connectivity index (χ2v) is 6.64. The van der Waals surface area contributed by atoms with Crippen molar-refractivity contribution >= 4 is 11.9 Å². The number of carbonyl (C=O) groups is 2. The summed E-state index contributed by atoms with van der Waals surface area (Å²) in [5.41, 5.74) is -1.09. The van der Waals surface area contributed by atoms with Crippen LogP contribution in [0.3, 0.4) is 0 Å². The van der Waals surface area contributed by atoms with Gasteiger partial charge in [-0.25, -0.2) is 0 Å². The standard InChI is InChI=1S/C14H26O4/c1-9(11(15)17-13(3,4)5)10(2)12(16)18-14(6,7)8/h9-10H,1-8H3. The van der Waals surface area contributed by atoms with Crippen molar-refractivity contribution in [2.24, 2.45) is 11.8 Å². The van der Waals surface area contributed by atoms with Gasteiger partial charge in [-0.15, -0.1) is 0 Å². The van der Waals surface area contributed by atoms with E-state index >= 15 is 0 Å². The van der Waals surface area contributed by atoms with E-state index in [2.05, 4.69) is 0 Å². The van der Waals surface area contributed by atoms with Crippen LogP contribution in [0.5, 0.6) is 0 Å². The summed E-state index contributed by atoms with van der Waals surface area (Å²) in [7, 11) is 0. The van der Waals surface area contributed by atoms with Crippen LogP contribution in [0.25, 0.3) is 0 Å². The lowest BCUT2D eigenvalue weighted by atomic mass is 9.95. The zero-order valence-electron chi connectivity index (χ0n) is 12.8. The lowest BCUT2D eigenvalue weighted by molar-refractivity contribution is -0.171. The molecule has 0 radical (unpaired) electrons. The molecular weight excluding hydrogens is 232 g/mol. The molecule has 0 rings (SSSR count). The summed E-state index contributed by atoms with van der Waals surface area (Å²) in [4.78, 5) is 23.7. The van der Waals surface area contributed by atoms with E-state index in [0.717, 1.165) is 0 Å². The molecule has 106 valence electrons. The number of hydrogen-bond donors (Lipinski definition) is 0. The fourth-order valence-corrected chi connectivity index (χ4v) is 1.20. The van der Waals surface area contributed by atoms with Gasteiger partial charge >= 0.3 is 11.9 Å².